The third-order valence-corrected chi connectivity index (χ3v) is 8.19. The molecule has 0 radical (unpaired) electrons. The van der Waals surface area contributed by atoms with Gasteiger partial charge in [0.2, 0.25) is 11.8 Å². The van der Waals surface area contributed by atoms with Crippen LogP contribution in [0.5, 0.6) is 0 Å². The van der Waals surface area contributed by atoms with E-state index >= 15 is 0 Å². The van der Waals surface area contributed by atoms with Gasteiger partial charge in [-0.2, -0.15) is 0 Å². The second kappa shape index (κ2) is 10.0. The average Bonchev–Trinajstić information content (AvgIpc) is 2.81. The van der Waals surface area contributed by atoms with Crippen LogP contribution < -0.4 is 14.9 Å². The van der Waals surface area contributed by atoms with E-state index in [2.05, 4.69) is 10.6 Å². The van der Waals surface area contributed by atoms with Crippen molar-refractivity contribution < 1.29 is 18.0 Å². The van der Waals surface area contributed by atoms with Crippen LogP contribution in [0.4, 0.5) is 11.4 Å². The summed E-state index contributed by atoms with van der Waals surface area (Å²) >= 11 is 12.3. The van der Waals surface area contributed by atoms with E-state index in [0.29, 0.717) is 18.7 Å². The van der Waals surface area contributed by atoms with Gasteiger partial charge in [0.15, 0.2) is 0 Å². The van der Waals surface area contributed by atoms with Gasteiger partial charge in [0.25, 0.3) is 10.0 Å². The van der Waals surface area contributed by atoms with Gasteiger partial charge in [-0.05, 0) is 36.2 Å². The van der Waals surface area contributed by atoms with Crippen LogP contribution in [-0.4, -0.2) is 32.8 Å². The molecule has 4 rings (SSSR count). The first-order chi connectivity index (χ1) is 16.3. The Kier molecular flexibility index (Phi) is 7.11. The SMILES string of the molecule is O=C(C[C@@H]1C(=O)Nc2ccccc2N1S(=O)(=O)c1cccc(Cl)c1Cl)NCCc1ccccc1. The van der Waals surface area contributed by atoms with Gasteiger partial charge in [0.05, 0.1) is 27.8 Å². The predicted octanol–water partition coefficient (Wildman–Crippen LogP) is 4.26. The lowest BCUT2D eigenvalue weighted by Gasteiger charge is -2.36. The molecule has 1 aliphatic rings. The zero-order valence-corrected chi connectivity index (χ0v) is 20.2. The largest absolute Gasteiger partial charge is 0.356 e. The minimum absolute atomic E-state index is 0.0627. The number of fused-ring (bicyclic) bond motifs is 1. The van der Waals surface area contributed by atoms with E-state index in [1.807, 2.05) is 30.3 Å². The number of hydrogen-bond acceptors (Lipinski definition) is 4. The molecule has 10 heteroatoms. The Morgan fingerprint density at radius 3 is 2.44 bits per heavy atom. The number of carbonyl (C=O) groups is 2. The maximum absolute atomic E-state index is 13.7. The van der Waals surface area contributed by atoms with Gasteiger partial charge < -0.3 is 10.6 Å². The number of hydrogen-bond donors (Lipinski definition) is 2. The topological polar surface area (TPSA) is 95.6 Å². The maximum atomic E-state index is 13.7. The maximum Gasteiger partial charge on any atom is 0.266 e. The lowest BCUT2D eigenvalue weighted by Crippen LogP contribution is -2.52. The molecule has 0 bridgehead atoms. The fourth-order valence-corrected chi connectivity index (χ4v) is 6.13. The van der Waals surface area contributed by atoms with Crippen LogP contribution in [0.25, 0.3) is 0 Å². The third-order valence-electron chi connectivity index (χ3n) is 5.40. The van der Waals surface area contributed by atoms with Crippen LogP contribution in [0.1, 0.15) is 12.0 Å². The first-order valence-corrected chi connectivity index (χ1v) is 12.7. The van der Waals surface area contributed by atoms with Gasteiger partial charge in [-0.15, -0.1) is 0 Å². The molecule has 176 valence electrons. The summed E-state index contributed by atoms with van der Waals surface area (Å²) in [5.41, 5.74) is 1.60. The van der Waals surface area contributed by atoms with Crippen LogP contribution in [0.2, 0.25) is 10.0 Å². The first-order valence-electron chi connectivity index (χ1n) is 10.5. The summed E-state index contributed by atoms with van der Waals surface area (Å²) in [5, 5.41) is 5.37. The summed E-state index contributed by atoms with van der Waals surface area (Å²) < 4.78 is 28.4. The molecule has 0 saturated carbocycles. The summed E-state index contributed by atoms with van der Waals surface area (Å²) in [7, 11) is -4.34. The molecular weight excluding hydrogens is 497 g/mol. The average molecular weight is 518 g/mol. The van der Waals surface area contributed by atoms with Crippen molar-refractivity contribution in [2.24, 2.45) is 0 Å². The number of para-hydroxylation sites is 2. The summed E-state index contributed by atoms with van der Waals surface area (Å²) in [4.78, 5) is 25.5. The molecule has 34 heavy (non-hydrogen) atoms. The zero-order valence-electron chi connectivity index (χ0n) is 17.9. The molecule has 2 N–H and O–H groups in total. The normalized spacial score (nSPS) is 15.4. The van der Waals surface area contributed by atoms with Gasteiger partial charge in [-0.1, -0.05) is 71.7 Å². The summed E-state index contributed by atoms with van der Waals surface area (Å²) in [6, 6.07) is 19.0. The van der Waals surface area contributed by atoms with Gasteiger partial charge >= 0.3 is 0 Å². The third kappa shape index (κ3) is 4.89. The molecule has 2 amide bonds. The van der Waals surface area contributed by atoms with E-state index < -0.39 is 27.9 Å². The summed E-state index contributed by atoms with van der Waals surface area (Å²) in [5.74, 6) is -1.06. The number of halogens is 2. The molecule has 0 aromatic heterocycles. The molecule has 1 heterocycles. The van der Waals surface area contributed by atoms with Crippen molar-refractivity contribution in [1.82, 2.24) is 5.32 Å². The van der Waals surface area contributed by atoms with E-state index in [1.165, 1.54) is 18.2 Å². The number of rotatable bonds is 7. The van der Waals surface area contributed by atoms with E-state index in [4.69, 9.17) is 23.2 Å². The number of nitrogens with one attached hydrogen (secondary N) is 2. The van der Waals surface area contributed by atoms with Crippen molar-refractivity contribution in [2.45, 2.75) is 23.8 Å². The number of carbonyl (C=O) groups excluding carboxylic acids is 2. The fraction of sp³-hybridized carbons (Fsp3) is 0.167. The van der Waals surface area contributed by atoms with Gasteiger partial charge in [0.1, 0.15) is 10.9 Å². The number of sulfonamides is 1. The molecule has 3 aromatic rings. The van der Waals surface area contributed by atoms with E-state index in [0.717, 1.165) is 9.87 Å². The molecule has 3 aromatic carbocycles. The number of amides is 2. The van der Waals surface area contributed by atoms with Crippen molar-refractivity contribution in [3.63, 3.8) is 0 Å². The Morgan fingerprint density at radius 2 is 1.68 bits per heavy atom. The van der Waals surface area contributed by atoms with Crippen LogP contribution in [-0.2, 0) is 26.0 Å². The van der Waals surface area contributed by atoms with Crippen LogP contribution in [0.15, 0.2) is 77.7 Å². The Balaban J connectivity index is 1.63. The fourth-order valence-electron chi connectivity index (χ4n) is 3.76. The van der Waals surface area contributed by atoms with Gasteiger partial charge in [-0.25, -0.2) is 8.42 Å². The number of anilines is 2. The molecule has 0 unspecified atom stereocenters. The lowest BCUT2D eigenvalue weighted by molar-refractivity contribution is -0.125. The summed E-state index contributed by atoms with van der Waals surface area (Å²) in [6.45, 7) is 0.348. The molecule has 0 saturated heterocycles. The highest BCUT2D eigenvalue weighted by atomic mass is 35.5. The van der Waals surface area contributed by atoms with Crippen LogP contribution >= 0.6 is 23.2 Å². The van der Waals surface area contributed by atoms with Gasteiger partial charge in [-0.3, -0.25) is 13.9 Å². The highest BCUT2D eigenvalue weighted by Crippen LogP contribution is 2.39. The number of nitrogens with zero attached hydrogens (tertiary/aromatic N) is 1. The molecule has 0 aliphatic carbocycles. The highest BCUT2D eigenvalue weighted by molar-refractivity contribution is 7.93. The van der Waals surface area contributed by atoms with E-state index in [-0.39, 0.29) is 27.0 Å². The monoisotopic (exact) mass is 517 g/mol. The summed E-state index contributed by atoms with van der Waals surface area (Å²) in [6.07, 6.45) is 0.235. The second-order valence-corrected chi connectivity index (χ2v) is 10.2. The lowest BCUT2D eigenvalue weighted by atomic mass is 10.1. The van der Waals surface area contributed by atoms with Crippen LogP contribution in [0, 0.1) is 0 Å². The predicted molar refractivity (Wildman–Crippen MR) is 133 cm³/mol. The van der Waals surface area contributed by atoms with Crippen molar-refractivity contribution >= 4 is 56.4 Å². The second-order valence-electron chi connectivity index (χ2n) is 7.66. The van der Waals surface area contributed by atoms with Crippen molar-refractivity contribution in [2.75, 3.05) is 16.2 Å². The zero-order chi connectivity index (χ0) is 24.3. The molecule has 0 spiro atoms. The van der Waals surface area contributed by atoms with E-state index in [1.54, 1.807) is 24.3 Å². The highest BCUT2D eigenvalue weighted by Gasteiger charge is 2.42. The Labute approximate surface area is 207 Å². The molecule has 1 atom stereocenters. The molecular formula is C24H21Cl2N3O4S. The molecule has 1 aliphatic heterocycles. The van der Waals surface area contributed by atoms with Gasteiger partial charge in [0, 0.05) is 6.54 Å². The van der Waals surface area contributed by atoms with Crippen molar-refractivity contribution in [3.8, 4) is 0 Å². The minimum Gasteiger partial charge on any atom is -0.356 e. The Hall–Kier alpha value is -3.07. The quantitative estimate of drug-likeness (QED) is 0.489. The van der Waals surface area contributed by atoms with Crippen molar-refractivity contribution in [3.05, 3.63) is 88.4 Å². The minimum atomic E-state index is -4.34. The smallest absolute Gasteiger partial charge is 0.266 e. The van der Waals surface area contributed by atoms with Crippen LogP contribution in [0.3, 0.4) is 0 Å². The van der Waals surface area contributed by atoms with E-state index in [9.17, 15) is 18.0 Å². The number of benzene rings is 3. The molecule has 7 nitrogen and oxygen atoms in total. The Bertz CT molecular complexity index is 1330. The Morgan fingerprint density at radius 1 is 0.971 bits per heavy atom. The van der Waals surface area contributed by atoms with Crippen molar-refractivity contribution in [1.29, 1.82) is 0 Å². The first kappa shape index (κ1) is 24.1. The molecule has 0 fully saturated rings. The standard InChI is InChI=1S/C24H21Cl2N3O4S/c25-17-9-6-12-21(23(17)26)34(32,33)29-19-11-5-4-10-18(19)28-24(31)20(29)15-22(30)27-14-13-16-7-2-1-3-8-16/h1-12,20H,13-15H2,(H,27,30)(H,28,31)/t20-/m1/s1.